The second kappa shape index (κ2) is 4.44. The van der Waals surface area contributed by atoms with Crippen LogP contribution >= 0.6 is 0 Å². The molecule has 0 spiro atoms. The fourth-order valence-corrected chi connectivity index (χ4v) is 2.18. The van der Waals surface area contributed by atoms with Gasteiger partial charge in [-0.25, -0.2) is 4.79 Å². The van der Waals surface area contributed by atoms with Crippen LogP contribution in [-0.4, -0.2) is 27.4 Å². The van der Waals surface area contributed by atoms with Gasteiger partial charge in [0.1, 0.15) is 0 Å². The average Bonchev–Trinajstić information content (AvgIpc) is 2.68. The summed E-state index contributed by atoms with van der Waals surface area (Å²) in [6.07, 6.45) is 6.20. The molecule has 0 saturated carbocycles. The summed E-state index contributed by atoms with van der Waals surface area (Å²) >= 11 is 0. The Hall–Kier alpha value is -1.84. The Kier molecular flexibility index (Phi) is 3.11. The van der Waals surface area contributed by atoms with Crippen LogP contribution in [0.5, 0.6) is 0 Å². The Morgan fingerprint density at radius 1 is 1.72 bits per heavy atom. The lowest BCUT2D eigenvalue weighted by atomic mass is 9.86. The van der Waals surface area contributed by atoms with E-state index in [2.05, 4.69) is 10.9 Å². The van der Waals surface area contributed by atoms with E-state index < -0.39 is 29.0 Å². The number of aliphatic hydroxyl groups excluding tert-OH is 1. The molecule has 1 aliphatic rings. The minimum atomic E-state index is -0.699. The van der Waals surface area contributed by atoms with E-state index >= 15 is 0 Å². The van der Waals surface area contributed by atoms with Crippen molar-refractivity contribution in [1.29, 1.82) is 0 Å². The van der Waals surface area contributed by atoms with Crippen molar-refractivity contribution in [3.63, 3.8) is 0 Å². The number of ether oxygens (including phenoxy) is 1. The number of aromatic nitrogens is 2. The van der Waals surface area contributed by atoms with Crippen molar-refractivity contribution in [2.75, 3.05) is 6.61 Å². The molecule has 6 heteroatoms. The minimum absolute atomic E-state index is 0.161. The number of H-pyrrole nitrogens is 1. The quantitative estimate of drug-likeness (QED) is 0.690. The van der Waals surface area contributed by atoms with Crippen molar-refractivity contribution >= 4 is 0 Å². The Morgan fingerprint density at radius 3 is 3.00 bits per heavy atom. The molecule has 0 bridgehead atoms. The first-order valence-corrected chi connectivity index (χ1v) is 5.56. The lowest BCUT2D eigenvalue weighted by molar-refractivity contribution is -0.0426. The molecule has 0 aromatic carbocycles. The van der Waals surface area contributed by atoms with E-state index in [1.54, 1.807) is 6.92 Å². The van der Waals surface area contributed by atoms with Gasteiger partial charge in [0, 0.05) is 12.3 Å². The predicted octanol–water partition coefficient (Wildman–Crippen LogP) is -0.544. The Labute approximate surface area is 103 Å². The molecule has 1 saturated heterocycles. The van der Waals surface area contributed by atoms with Gasteiger partial charge >= 0.3 is 5.69 Å². The third kappa shape index (κ3) is 1.98. The summed E-state index contributed by atoms with van der Waals surface area (Å²) in [7, 11) is 0. The zero-order valence-corrected chi connectivity index (χ0v) is 9.92. The molecule has 2 rings (SSSR count). The molecular formula is C12H14N2O4. The third-order valence-corrected chi connectivity index (χ3v) is 3.16. The Bertz CT molecular complexity index is 597. The number of hydrogen-bond acceptors (Lipinski definition) is 4. The van der Waals surface area contributed by atoms with E-state index in [0.717, 1.165) is 0 Å². The molecule has 2 heterocycles. The van der Waals surface area contributed by atoms with Crippen LogP contribution in [0.15, 0.2) is 21.9 Å². The SMILES string of the molecule is C#CC1(C)CC(CO)OC1n1ccc(=O)[nH]c1=O. The fraction of sp³-hybridized carbons (Fsp3) is 0.500. The maximum Gasteiger partial charge on any atom is 0.330 e. The zero-order valence-electron chi connectivity index (χ0n) is 9.92. The number of nitrogens with zero attached hydrogens (tertiary/aromatic N) is 1. The van der Waals surface area contributed by atoms with Crippen molar-refractivity contribution in [3.8, 4) is 12.3 Å². The van der Waals surface area contributed by atoms with Crippen LogP contribution in [0.2, 0.25) is 0 Å². The van der Waals surface area contributed by atoms with Crippen LogP contribution in [0.1, 0.15) is 19.6 Å². The molecule has 0 aliphatic carbocycles. The van der Waals surface area contributed by atoms with Gasteiger partial charge in [0.15, 0.2) is 6.23 Å². The molecule has 0 amide bonds. The number of hydrogen-bond donors (Lipinski definition) is 2. The highest BCUT2D eigenvalue weighted by Gasteiger charge is 2.45. The average molecular weight is 250 g/mol. The number of aromatic amines is 1. The highest BCUT2D eigenvalue weighted by Crippen LogP contribution is 2.43. The molecule has 1 aromatic rings. The third-order valence-electron chi connectivity index (χ3n) is 3.16. The monoisotopic (exact) mass is 250 g/mol. The summed E-state index contributed by atoms with van der Waals surface area (Å²) in [5.74, 6) is 2.61. The summed E-state index contributed by atoms with van der Waals surface area (Å²) in [5.41, 5.74) is -1.75. The maximum atomic E-state index is 11.7. The van der Waals surface area contributed by atoms with Crippen molar-refractivity contribution in [1.82, 2.24) is 9.55 Å². The number of nitrogens with one attached hydrogen (secondary N) is 1. The highest BCUT2D eigenvalue weighted by molar-refractivity contribution is 5.10. The van der Waals surface area contributed by atoms with Gasteiger partial charge < -0.3 is 9.84 Å². The van der Waals surface area contributed by atoms with E-state index in [-0.39, 0.29) is 6.61 Å². The standard InChI is InChI=1S/C12H14N2O4/c1-3-12(2)6-8(7-15)18-10(12)14-5-4-9(16)13-11(14)17/h1,4-5,8,10,15H,6-7H2,2H3,(H,13,16,17). The van der Waals surface area contributed by atoms with Gasteiger partial charge in [-0.1, -0.05) is 5.92 Å². The Morgan fingerprint density at radius 2 is 2.44 bits per heavy atom. The summed E-state index contributed by atoms with van der Waals surface area (Å²) in [4.78, 5) is 24.9. The van der Waals surface area contributed by atoms with E-state index in [1.807, 2.05) is 0 Å². The summed E-state index contributed by atoms with van der Waals surface area (Å²) in [6.45, 7) is 1.62. The smallest absolute Gasteiger partial charge is 0.330 e. The Balaban J connectivity index is 2.46. The molecule has 18 heavy (non-hydrogen) atoms. The second-order valence-electron chi connectivity index (χ2n) is 4.58. The summed E-state index contributed by atoms with van der Waals surface area (Å²) in [6, 6.07) is 1.23. The molecule has 96 valence electrons. The molecule has 1 aromatic heterocycles. The number of terminal acetylenes is 1. The van der Waals surface area contributed by atoms with E-state index in [9.17, 15) is 9.59 Å². The van der Waals surface area contributed by atoms with Gasteiger partial charge in [0.2, 0.25) is 0 Å². The molecule has 2 N–H and O–H groups in total. The van der Waals surface area contributed by atoms with Crippen molar-refractivity contribution in [2.24, 2.45) is 5.41 Å². The van der Waals surface area contributed by atoms with Crippen molar-refractivity contribution in [3.05, 3.63) is 33.1 Å². The van der Waals surface area contributed by atoms with Crippen LogP contribution in [0.4, 0.5) is 0 Å². The number of rotatable bonds is 2. The van der Waals surface area contributed by atoms with E-state index in [1.165, 1.54) is 16.8 Å². The van der Waals surface area contributed by atoms with Crippen molar-refractivity contribution in [2.45, 2.75) is 25.7 Å². The van der Waals surface area contributed by atoms with Crippen molar-refractivity contribution < 1.29 is 9.84 Å². The van der Waals surface area contributed by atoms with Gasteiger partial charge in [-0.05, 0) is 13.3 Å². The maximum absolute atomic E-state index is 11.7. The molecule has 6 nitrogen and oxygen atoms in total. The lowest BCUT2D eigenvalue weighted by Gasteiger charge is -2.25. The van der Waals surface area contributed by atoms with Gasteiger partial charge in [0.25, 0.3) is 5.56 Å². The van der Waals surface area contributed by atoms with Crippen LogP contribution in [0.3, 0.4) is 0 Å². The summed E-state index contributed by atoms with van der Waals surface area (Å²) in [5, 5.41) is 9.13. The highest BCUT2D eigenvalue weighted by atomic mass is 16.5. The van der Waals surface area contributed by atoms with Gasteiger partial charge in [-0.15, -0.1) is 6.42 Å². The topological polar surface area (TPSA) is 84.3 Å². The van der Waals surface area contributed by atoms with Crippen LogP contribution in [0, 0.1) is 17.8 Å². The normalized spacial score (nSPS) is 31.2. The van der Waals surface area contributed by atoms with Crippen LogP contribution in [0.25, 0.3) is 0 Å². The fourth-order valence-electron chi connectivity index (χ4n) is 2.18. The lowest BCUT2D eigenvalue weighted by Crippen LogP contribution is -2.36. The molecule has 0 radical (unpaired) electrons. The predicted molar refractivity (Wildman–Crippen MR) is 63.9 cm³/mol. The first kappa shape index (κ1) is 12.6. The number of aliphatic hydroxyl groups is 1. The first-order chi connectivity index (χ1) is 8.50. The largest absolute Gasteiger partial charge is 0.394 e. The first-order valence-electron chi connectivity index (χ1n) is 5.56. The molecule has 1 aliphatic heterocycles. The van der Waals surface area contributed by atoms with Crippen LogP contribution in [-0.2, 0) is 4.74 Å². The summed E-state index contributed by atoms with van der Waals surface area (Å²) < 4.78 is 6.82. The van der Waals surface area contributed by atoms with Gasteiger partial charge in [-0.2, -0.15) is 0 Å². The zero-order chi connectivity index (χ0) is 13.3. The van der Waals surface area contributed by atoms with Gasteiger partial charge in [-0.3, -0.25) is 14.3 Å². The van der Waals surface area contributed by atoms with E-state index in [0.29, 0.717) is 6.42 Å². The molecule has 3 atom stereocenters. The minimum Gasteiger partial charge on any atom is -0.394 e. The van der Waals surface area contributed by atoms with Crippen LogP contribution < -0.4 is 11.2 Å². The van der Waals surface area contributed by atoms with E-state index in [4.69, 9.17) is 16.3 Å². The second-order valence-corrected chi connectivity index (χ2v) is 4.58. The van der Waals surface area contributed by atoms with Gasteiger partial charge in [0.05, 0.1) is 18.1 Å². The molecular weight excluding hydrogens is 236 g/mol. The molecule has 1 fully saturated rings. The molecule has 3 unspecified atom stereocenters.